The molecular weight excluding hydrogens is 362 g/mol. The molecule has 1 aromatic carbocycles. The first-order valence-electron chi connectivity index (χ1n) is 11.0. The van der Waals surface area contributed by atoms with Crippen molar-refractivity contribution in [2.45, 2.75) is 38.8 Å². The summed E-state index contributed by atoms with van der Waals surface area (Å²) in [6.07, 6.45) is 7.78. The molecule has 2 aliphatic rings. The molecule has 1 unspecified atom stereocenters. The summed E-state index contributed by atoms with van der Waals surface area (Å²) in [5, 5.41) is 0. The first-order valence-corrected chi connectivity index (χ1v) is 11.0. The van der Waals surface area contributed by atoms with Gasteiger partial charge in [0.1, 0.15) is 0 Å². The molecule has 3 heterocycles. The largest absolute Gasteiger partial charge is 0.472 e. The highest BCUT2D eigenvalue weighted by molar-refractivity contribution is 5.76. The van der Waals surface area contributed by atoms with Gasteiger partial charge in [-0.3, -0.25) is 14.6 Å². The average Bonchev–Trinajstić information content (AvgIpc) is 3.27. The number of furan rings is 1. The average molecular weight is 396 g/mol. The molecule has 0 bridgehead atoms. The Kier molecular flexibility index (Phi) is 7.01. The highest BCUT2D eigenvalue weighted by Gasteiger charge is 2.24. The molecule has 1 aromatic heterocycles. The van der Waals surface area contributed by atoms with Crippen LogP contribution in [0, 0.1) is 5.92 Å². The van der Waals surface area contributed by atoms with Crippen LogP contribution in [0.3, 0.4) is 0 Å². The Hall–Kier alpha value is -2.11. The van der Waals surface area contributed by atoms with Crippen LogP contribution in [0.4, 0.5) is 0 Å². The van der Waals surface area contributed by atoms with Crippen LogP contribution in [0.15, 0.2) is 53.3 Å². The van der Waals surface area contributed by atoms with E-state index in [2.05, 4.69) is 45.0 Å². The van der Waals surface area contributed by atoms with Crippen molar-refractivity contribution in [3.63, 3.8) is 0 Å². The van der Waals surface area contributed by atoms with Crippen LogP contribution in [-0.2, 0) is 17.9 Å². The second-order valence-corrected chi connectivity index (χ2v) is 8.56. The molecule has 5 nitrogen and oxygen atoms in total. The van der Waals surface area contributed by atoms with Gasteiger partial charge in [0.15, 0.2) is 0 Å². The lowest BCUT2D eigenvalue weighted by Crippen LogP contribution is -2.48. The van der Waals surface area contributed by atoms with Gasteiger partial charge in [0.2, 0.25) is 5.91 Å². The lowest BCUT2D eigenvalue weighted by Gasteiger charge is -2.36. The minimum atomic E-state index is 0.344. The van der Waals surface area contributed by atoms with Gasteiger partial charge in [0, 0.05) is 57.8 Å². The topological polar surface area (TPSA) is 39.9 Å². The quantitative estimate of drug-likeness (QED) is 0.718. The molecule has 29 heavy (non-hydrogen) atoms. The van der Waals surface area contributed by atoms with Crippen molar-refractivity contribution in [2.75, 3.05) is 39.3 Å². The predicted molar refractivity (Wildman–Crippen MR) is 114 cm³/mol. The van der Waals surface area contributed by atoms with E-state index in [1.807, 2.05) is 12.3 Å². The summed E-state index contributed by atoms with van der Waals surface area (Å²) in [5.41, 5.74) is 2.60. The molecule has 1 amide bonds. The Labute approximate surface area is 174 Å². The van der Waals surface area contributed by atoms with Crippen molar-refractivity contribution < 1.29 is 9.21 Å². The minimum Gasteiger partial charge on any atom is -0.472 e. The Morgan fingerprint density at radius 2 is 1.72 bits per heavy atom. The summed E-state index contributed by atoms with van der Waals surface area (Å²) in [7, 11) is 0. The summed E-state index contributed by atoms with van der Waals surface area (Å²) in [6.45, 7) is 7.88. The van der Waals surface area contributed by atoms with Gasteiger partial charge in [-0.25, -0.2) is 0 Å². The zero-order chi connectivity index (χ0) is 19.9. The standard InChI is InChI=1S/C24H33N3O2/c28-24(27-14-12-25(13-15-27)17-21-5-2-1-3-6-21)9-8-22-7-4-11-26(18-22)19-23-10-16-29-20-23/h1-3,5-6,10,16,20,22H,4,7-9,11-15,17-19H2. The number of piperidine rings is 1. The van der Waals surface area contributed by atoms with Gasteiger partial charge in [-0.15, -0.1) is 0 Å². The normalized spacial score (nSPS) is 21.4. The Balaban J connectivity index is 1.16. The molecule has 2 aromatic rings. The first-order chi connectivity index (χ1) is 14.3. The maximum Gasteiger partial charge on any atom is 0.222 e. The molecule has 0 radical (unpaired) electrons. The first kappa shape index (κ1) is 20.2. The number of carbonyl (C=O) groups excluding carboxylic acids is 1. The molecule has 0 N–H and O–H groups in total. The van der Waals surface area contributed by atoms with Gasteiger partial charge in [0.05, 0.1) is 12.5 Å². The van der Waals surface area contributed by atoms with Crippen LogP contribution in [-0.4, -0.2) is 59.9 Å². The Bertz CT molecular complexity index is 739. The third-order valence-electron chi connectivity index (χ3n) is 6.33. The summed E-state index contributed by atoms with van der Waals surface area (Å²) in [4.78, 5) is 19.8. The highest BCUT2D eigenvalue weighted by atomic mass is 16.3. The lowest BCUT2D eigenvalue weighted by atomic mass is 9.93. The molecule has 2 saturated heterocycles. The monoisotopic (exact) mass is 395 g/mol. The number of carbonyl (C=O) groups is 1. The van der Waals surface area contributed by atoms with Crippen molar-refractivity contribution in [3.8, 4) is 0 Å². The number of likely N-dealkylation sites (tertiary alicyclic amines) is 1. The van der Waals surface area contributed by atoms with Crippen molar-refractivity contribution in [2.24, 2.45) is 5.92 Å². The van der Waals surface area contributed by atoms with Gasteiger partial charge < -0.3 is 9.32 Å². The molecule has 1 atom stereocenters. The van der Waals surface area contributed by atoms with Gasteiger partial charge in [0.25, 0.3) is 0 Å². The molecule has 0 spiro atoms. The van der Waals surface area contributed by atoms with E-state index < -0.39 is 0 Å². The van der Waals surface area contributed by atoms with Crippen molar-refractivity contribution in [1.29, 1.82) is 0 Å². The van der Waals surface area contributed by atoms with E-state index in [0.29, 0.717) is 18.2 Å². The molecule has 2 fully saturated rings. The highest BCUT2D eigenvalue weighted by Crippen LogP contribution is 2.23. The summed E-state index contributed by atoms with van der Waals surface area (Å²) >= 11 is 0. The fourth-order valence-corrected chi connectivity index (χ4v) is 4.65. The van der Waals surface area contributed by atoms with Crippen molar-refractivity contribution in [3.05, 3.63) is 60.1 Å². The van der Waals surface area contributed by atoms with Gasteiger partial charge in [-0.05, 0) is 43.4 Å². The number of benzene rings is 1. The molecule has 0 aliphatic carbocycles. The lowest BCUT2D eigenvalue weighted by molar-refractivity contribution is -0.133. The maximum atomic E-state index is 12.7. The van der Waals surface area contributed by atoms with E-state index in [-0.39, 0.29) is 0 Å². The molecule has 2 aliphatic heterocycles. The van der Waals surface area contributed by atoms with Crippen LogP contribution in [0.5, 0.6) is 0 Å². The summed E-state index contributed by atoms with van der Waals surface area (Å²) in [6, 6.07) is 12.6. The number of nitrogens with zero attached hydrogens (tertiary/aromatic N) is 3. The van der Waals surface area contributed by atoms with Crippen LogP contribution < -0.4 is 0 Å². The van der Waals surface area contributed by atoms with Gasteiger partial charge in [-0.2, -0.15) is 0 Å². The number of hydrogen-bond donors (Lipinski definition) is 0. The Morgan fingerprint density at radius 1 is 0.931 bits per heavy atom. The second kappa shape index (κ2) is 10.1. The number of hydrogen-bond acceptors (Lipinski definition) is 4. The van der Waals surface area contributed by atoms with Gasteiger partial charge in [-0.1, -0.05) is 30.3 Å². The summed E-state index contributed by atoms with van der Waals surface area (Å²) in [5.74, 6) is 0.982. The molecule has 5 heteroatoms. The van der Waals surface area contributed by atoms with Crippen LogP contribution >= 0.6 is 0 Å². The SMILES string of the molecule is O=C(CCC1CCCN(Cc2ccoc2)C1)N1CCN(Cc2ccccc2)CC1. The number of amides is 1. The summed E-state index contributed by atoms with van der Waals surface area (Å²) < 4.78 is 5.19. The van der Waals surface area contributed by atoms with E-state index in [1.165, 1.54) is 24.0 Å². The predicted octanol–water partition coefficient (Wildman–Crippen LogP) is 3.62. The fraction of sp³-hybridized carbons (Fsp3) is 0.542. The van der Waals surface area contributed by atoms with E-state index in [9.17, 15) is 4.79 Å². The fourth-order valence-electron chi connectivity index (χ4n) is 4.65. The molecule has 4 rings (SSSR count). The second-order valence-electron chi connectivity index (χ2n) is 8.56. The third kappa shape index (κ3) is 5.94. The molecule has 156 valence electrons. The van der Waals surface area contributed by atoms with Crippen LogP contribution in [0.25, 0.3) is 0 Å². The van der Waals surface area contributed by atoms with E-state index in [0.717, 1.165) is 58.8 Å². The zero-order valence-electron chi connectivity index (χ0n) is 17.3. The van der Waals surface area contributed by atoms with Crippen LogP contribution in [0.1, 0.15) is 36.8 Å². The number of rotatable bonds is 7. The van der Waals surface area contributed by atoms with Gasteiger partial charge >= 0.3 is 0 Å². The van der Waals surface area contributed by atoms with E-state index in [1.54, 1.807) is 6.26 Å². The van der Waals surface area contributed by atoms with E-state index >= 15 is 0 Å². The van der Waals surface area contributed by atoms with Crippen molar-refractivity contribution >= 4 is 5.91 Å². The van der Waals surface area contributed by atoms with Crippen molar-refractivity contribution in [1.82, 2.24) is 14.7 Å². The Morgan fingerprint density at radius 3 is 2.48 bits per heavy atom. The number of piperazine rings is 1. The smallest absolute Gasteiger partial charge is 0.222 e. The maximum absolute atomic E-state index is 12.7. The molecular formula is C24H33N3O2. The zero-order valence-corrected chi connectivity index (χ0v) is 17.3. The minimum absolute atomic E-state index is 0.344. The van der Waals surface area contributed by atoms with E-state index in [4.69, 9.17) is 4.42 Å². The van der Waals surface area contributed by atoms with Crippen LogP contribution in [0.2, 0.25) is 0 Å². The molecule has 0 saturated carbocycles. The third-order valence-corrected chi connectivity index (χ3v) is 6.33.